The second kappa shape index (κ2) is 5.98. The first kappa shape index (κ1) is 11.5. The van der Waals surface area contributed by atoms with Crippen LogP contribution in [0.15, 0.2) is 0 Å². The van der Waals surface area contributed by atoms with Crippen LogP contribution >= 0.6 is 0 Å². The van der Waals surface area contributed by atoms with Gasteiger partial charge in [-0.25, -0.2) is 0 Å². The third-order valence-electron chi connectivity index (χ3n) is 2.03. The number of carbonyl (C=O) groups excluding carboxylic acids is 2. The summed E-state index contributed by atoms with van der Waals surface area (Å²) >= 11 is 0. The lowest BCUT2D eigenvalue weighted by Crippen LogP contribution is -2.47. The van der Waals surface area contributed by atoms with E-state index in [1.807, 2.05) is 0 Å². The van der Waals surface area contributed by atoms with Gasteiger partial charge in [0, 0.05) is 6.61 Å². The van der Waals surface area contributed by atoms with Gasteiger partial charge in [-0.05, 0) is 12.8 Å². The molecular formula is C9H13N3O3. The Hall–Kier alpha value is -1.61. The van der Waals surface area contributed by atoms with E-state index < -0.39 is 11.8 Å². The van der Waals surface area contributed by atoms with E-state index in [-0.39, 0.29) is 12.6 Å². The first-order valence-electron chi connectivity index (χ1n) is 4.77. The molecule has 6 nitrogen and oxygen atoms in total. The molecule has 0 spiro atoms. The summed E-state index contributed by atoms with van der Waals surface area (Å²) in [6, 6.07) is 1.62. The molecule has 1 unspecified atom stereocenters. The summed E-state index contributed by atoms with van der Waals surface area (Å²) in [6.07, 6.45) is 1.70. The van der Waals surface area contributed by atoms with Crippen molar-refractivity contribution in [3.05, 3.63) is 0 Å². The van der Waals surface area contributed by atoms with Crippen LogP contribution in [0.1, 0.15) is 12.8 Å². The predicted octanol–water partition coefficient (Wildman–Crippen LogP) is -1.08. The van der Waals surface area contributed by atoms with Crippen molar-refractivity contribution in [1.29, 1.82) is 5.26 Å². The highest BCUT2D eigenvalue weighted by Crippen LogP contribution is 2.05. The summed E-state index contributed by atoms with van der Waals surface area (Å²) in [5.74, 6) is -1.48. The van der Waals surface area contributed by atoms with E-state index in [4.69, 9.17) is 10.00 Å². The predicted molar refractivity (Wildman–Crippen MR) is 50.6 cm³/mol. The van der Waals surface area contributed by atoms with Gasteiger partial charge in [-0.15, -0.1) is 0 Å². The lowest BCUT2D eigenvalue weighted by atomic mass is 10.1. The molecule has 1 saturated heterocycles. The number of amides is 2. The van der Waals surface area contributed by atoms with Gasteiger partial charge in [0.1, 0.15) is 6.54 Å². The van der Waals surface area contributed by atoms with Gasteiger partial charge < -0.3 is 15.4 Å². The van der Waals surface area contributed by atoms with Crippen LogP contribution < -0.4 is 10.6 Å². The monoisotopic (exact) mass is 211 g/mol. The van der Waals surface area contributed by atoms with Gasteiger partial charge in [0.2, 0.25) is 0 Å². The van der Waals surface area contributed by atoms with Gasteiger partial charge in [0.05, 0.1) is 18.7 Å². The molecule has 1 rings (SSSR count). The van der Waals surface area contributed by atoms with Crippen molar-refractivity contribution in [2.45, 2.75) is 18.9 Å². The van der Waals surface area contributed by atoms with Crippen molar-refractivity contribution in [3.63, 3.8) is 0 Å². The van der Waals surface area contributed by atoms with E-state index in [9.17, 15) is 9.59 Å². The van der Waals surface area contributed by atoms with E-state index in [0.717, 1.165) is 12.8 Å². The van der Waals surface area contributed by atoms with Crippen molar-refractivity contribution in [2.24, 2.45) is 0 Å². The van der Waals surface area contributed by atoms with E-state index in [2.05, 4.69) is 10.6 Å². The van der Waals surface area contributed by atoms with Gasteiger partial charge in [0.25, 0.3) is 0 Å². The molecule has 1 aliphatic heterocycles. The summed E-state index contributed by atoms with van der Waals surface area (Å²) in [4.78, 5) is 22.3. The van der Waals surface area contributed by atoms with Gasteiger partial charge >= 0.3 is 11.8 Å². The van der Waals surface area contributed by atoms with Crippen LogP contribution in [0.4, 0.5) is 0 Å². The number of nitrogens with one attached hydrogen (secondary N) is 2. The van der Waals surface area contributed by atoms with Crippen LogP contribution in [0, 0.1) is 11.3 Å². The average molecular weight is 211 g/mol. The molecule has 1 heterocycles. The molecule has 1 aliphatic rings. The Morgan fingerprint density at radius 2 is 2.27 bits per heavy atom. The van der Waals surface area contributed by atoms with Gasteiger partial charge in [0.15, 0.2) is 0 Å². The van der Waals surface area contributed by atoms with Gasteiger partial charge in [-0.3, -0.25) is 9.59 Å². The number of ether oxygens (including phenoxy) is 1. The molecule has 0 aromatic heterocycles. The third-order valence-corrected chi connectivity index (χ3v) is 2.03. The lowest BCUT2D eigenvalue weighted by molar-refractivity contribution is -0.140. The molecule has 82 valence electrons. The number of hydrogen-bond donors (Lipinski definition) is 2. The standard InChI is InChI=1S/C9H13N3O3/c10-3-4-11-8(13)9(14)12-7-2-1-5-15-6-7/h7H,1-2,4-6H2,(H,11,13)(H,12,14). The molecule has 0 bridgehead atoms. The highest BCUT2D eigenvalue weighted by atomic mass is 16.5. The molecule has 0 aromatic rings. The number of nitrogens with zero attached hydrogens (tertiary/aromatic N) is 1. The smallest absolute Gasteiger partial charge is 0.310 e. The number of hydrogen-bond acceptors (Lipinski definition) is 4. The Kier molecular flexibility index (Phi) is 4.57. The zero-order valence-electron chi connectivity index (χ0n) is 8.28. The summed E-state index contributed by atoms with van der Waals surface area (Å²) in [5.41, 5.74) is 0. The maximum absolute atomic E-state index is 11.2. The van der Waals surface area contributed by atoms with E-state index in [0.29, 0.717) is 13.2 Å². The topological polar surface area (TPSA) is 91.2 Å². The lowest BCUT2D eigenvalue weighted by Gasteiger charge is -2.22. The number of carbonyl (C=O) groups is 2. The van der Waals surface area contributed by atoms with Crippen LogP contribution in [-0.2, 0) is 14.3 Å². The summed E-state index contributed by atoms with van der Waals surface area (Å²) < 4.78 is 5.15. The summed E-state index contributed by atoms with van der Waals surface area (Å²) in [5, 5.41) is 12.9. The van der Waals surface area contributed by atoms with Crippen LogP contribution in [0.2, 0.25) is 0 Å². The number of nitriles is 1. The fourth-order valence-corrected chi connectivity index (χ4v) is 1.31. The van der Waals surface area contributed by atoms with Crippen LogP contribution in [-0.4, -0.2) is 37.6 Å². The molecule has 2 amide bonds. The Bertz CT molecular complexity index is 279. The van der Waals surface area contributed by atoms with Crippen LogP contribution in [0.25, 0.3) is 0 Å². The van der Waals surface area contributed by atoms with Gasteiger partial charge in [-0.2, -0.15) is 5.26 Å². The second-order valence-corrected chi connectivity index (χ2v) is 3.23. The molecule has 6 heteroatoms. The number of rotatable bonds is 2. The van der Waals surface area contributed by atoms with Crippen molar-refractivity contribution in [2.75, 3.05) is 19.8 Å². The molecule has 0 radical (unpaired) electrons. The first-order valence-corrected chi connectivity index (χ1v) is 4.77. The molecule has 0 saturated carbocycles. The van der Waals surface area contributed by atoms with E-state index >= 15 is 0 Å². The fourth-order valence-electron chi connectivity index (χ4n) is 1.31. The maximum Gasteiger partial charge on any atom is 0.310 e. The van der Waals surface area contributed by atoms with Crippen LogP contribution in [0.3, 0.4) is 0 Å². The Morgan fingerprint density at radius 1 is 1.47 bits per heavy atom. The fraction of sp³-hybridized carbons (Fsp3) is 0.667. The highest BCUT2D eigenvalue weighted by molar-refractivity contribution is 6.35. The Morgan fingerprint density at radius 3 is 2.87 bits per heavy atom. The van der Waals surface area contributed by atoms with Crippen LogP contribution in [0.5, 0.6) is 0 Å². The molecule has 2 N–H and O–H groups in total. The van der Waals surface area contributed by atoms with Crippen molar-refractivity contribution in [1.82, 2.24) is 10.6 Å². The van der Waals surface area contributed by atoms with Crippen molar-refractivity contribution in [3.8, 4) is 6.07 Å². The van der Waals surface area contributed by atoms with E-state index in [1.54, 1.807) is 6.07 Å². The zero-order chi connectivity index (χ0) is 11.1. The molecule has 1 fully saturated rings. The normalized spacial score (nSPS) is 20.1. The molecule has 15 heavy (non-hydrogen) atoms. The summed E-state index contributed by atoms with van der Waals surface area (Å²) in [7, 11) is 0. The van der Waals surface area contributed by atoms with Crippen molar-refractivity contribution >= 4 is 11.8 Å². The average Bonchev–Trinajstić information content (AvgIpc) is 2.27. The minimum atomic E-state index is -0.776. The molecule has 1 atom stereocenters. The quantitative estimate of drug-likeness (QED) is 0.449. The minimum Gasteiger partial charge on any atom is -0.379 e. The second-order valence-electron chi connectivity index (χ2n) is 3.23. The Balaban J connectivity index is 2.27. The molecule has 0 aromatic carbocycles. The first-order chi connectivity index (χ1) is 7.24. The SMILES string of the molecule is N#CCNC(=O)C(=O)NC1CCCOC1. The largest absolute Gasteiger partial charge is 0.379 e. The Labute approximate surface area is 87.6 Å². The zero-order valence-corrected chi connectivity index (χ0v) is 8.28. The minimum absolute atomic E-state index is 0.0981. The van der Waals surface area contributed by atoms with Gasteiger partial charge in [-0.1, -0.05) is 0 Å². The summed E-state index contributed by atoms with van der Waals surface area (Å²) in [6.45, 7) is 0.984. The highest BCUT2D eigenvalue weighted by Gasteiger charge is 2.20. The van der Waals surface area contributed by atoms with Crippen molar-refractivity contribution < 1.29 is 14.3 Å². The third kappa shape index (κ3) is 3.95. The maximum atomic E-state index is 11.2. The van der Waals surface area contributed by atoms with E-state index in [1.165, 1.54) is 0 Å². The molecular weight excluding hydrogens is 198 g/mol. The molecule has 0 aliphatic carbocycles.